The monoisotopic (exact) mass is 462 g/mol. The van der Waals surface area contributed by atoms with Gasteiger partial charge in [0.05, 0.1) is 10.9 Å². The molecule has 0 saturated heterocycles. The quantitative estimate of drug-likeness (QED) is 0.572. The van der Waals surface area contributed by atoms with Crippen LogP contribution in [0.5, 0.6) is 0 Å². The first-order valence-electron chi connectivity index (χ1n) is 11.6. The summed E-state index contributed by atoms with van der Waals surface area (Å²) in [6, 6.07) is 15.3. The number of thioether (sulfide) groups is 1. The predicted octanol–water partition coefficient (Wildman–Crippen LogP) is 5.72. The summed E-state index contributed by atoms with van der Waals surface area (Å²) in [5, 5.41) is 3.15. The van der Waals surface area contributed by atoms with Gasteiger partial charge in [-0.25, -0.2) is 9.89 Å². The molecule has 0 aromatic heterocycles. The van der Waals surface area contributed by atoms with Crippen molar-refractivity contribution in [3.05, 3.63) is 59.7 Å². The molecule has 2 aliphatic heterocycles. The van der Waals surface area contributed by atoms with Crippen LogP contribution < -0.4 is 5.32 Å². The number of anilines is 1. The molecule has 0 aliphatic carbocycles. The lowest BCUT2D eigenvalue weighted by atomic mass is 10.0. The van der Waals surface area contributed by atoms with Crippen LogP contribution in [0.3, 0.4) is 0 Å². The molecule has 2 amide bonds. The minimum Gasteiger partial charge on any atom is -0.325 e. The number of para-hydroxylation sites is 1. The van der Waals surface area contributed by atoms with Gasteiger partial charge in [-0.05, 0) is 48.6 Å². The summed E-state index contributed by atoms with van der Waals surface area (Å²) in [6.07, 6.45) is 2.18. The van der Waals surface area contributed by atoms with Gasteiger partial charge in [-0.1, -0.05) is 70.1 Å². The molecule has 2 heterocycles. The van der Waals surface area contributed by atoms with E-state index in [1.54, 1.807) is 4.90 Å². The summed E-state index contributed by atoms with van der Waals surface area (Å²) in [7, 11) is 0. The highest BCUT2D eigenvalue weighted by Gasteiger charge is 2.42. The van der Waals surface area contributed by atoms with Crippen molar-refractivity contribution in [1.29, 1.82) is 0 Å². The van der Waals surface area contributed by atoms with E-state index in [0.717, 1.165) is 23.4 Å². The predicted molar refractivity (Wildman–Crippen MR) is 136 cm³/mol. The van der Waals surface area contributed by atoms with Gasteiger partial charge in [-0.15, -0.1) is 0 Å². The van der Waals surface area contributed by atoms with Crippen LogP contribution in [0.2, 0.25) is 0 Å². The number of benzene rings is 2. The number of aliphatic imine (C=N–C) groups is 2. The average molecular weight is 463 g/mol. The second kappa shape index (κ2) is 9.91. The Bertz CT molecular complexity index is 1110. The molecule has 0 saturated carbocycles. The van der Waals surface area contributed by atoms with Crippen molar-refractivity contribution in [1.82, 2.24) is 4.90 Å². The van der Waals surface area contributed by atoms with E-state index in [9.17, 15) is 9.59 Å². The Morgan fingerprint density at radius 2 is 1.85 bits per heavy atom. The molecule has 6 nitrogen and oxygen atoms in total. The SMILES string of the molecule is CCCC1N=C2c3ccccc3N=C(SC(CC)C(=O)Nc3ccc(C(C)C)cc3)N2C1=O. The number of fused-ring (bicyclic) bond motifs is 3. The van der Waals surface area contributed by atoms with Crippen LogP contribution in [0.25, 0.3) is 0 Å². The zero-order valence-corrected chi connectivity index (χ0v) is 20.4. The van der Waals surface area contributed by atoms with E-state index in [4.69, 9.17) is 9.98 Å². The average Bonchev–Trinajstić information content (AvgIpc) is 3.14. The Morgan fingerprint density at radius 3 is 2.52 bits per heavy atom. The van der Waals surface area contributed by atoms with Crippen LogP contribution in [0.1, 0.15) is 64.0 Å². The Labute approximate surface area is 199 Å². The first-order valence-corrected chi connectivity index (χ1v) is 12.5. The van der Waals surface area contributed by atoms with E-state index in [2.05, 4.69) is 19.2 Å². The fourth-order valence-corrected chi connectivity index (χ4v) is 4.99. The van der Waals surface area contributed by atoms with E-state index < -0.39 is 11.3 Å². The number of amidine groups is 2. The van der Waals surface area contributed by atoms with Gasteiger partial charge in [-0.2, -0.15) is 0 Å². The number of nitrogens with one attached hydrogen (secondary N) is 1. The van der Waals surface area contributed by atoms with Crippen molar-refractivity contribution in [3.8, 4) is 0 Å². The minimum absolute atomic E-state index is 0.0628. The van der Waals surface area contributed by atoms with Gasteiger partial charge in [0.25, 0.3) is 5.91 Å². The minimum atomic E-state index is -0.393. The molecular weight excluding hydrogens is 432 g/mol. The molecule has 2 aromatic rings. The number of hydrogen-bond donors (Lipinski definition) is 1. The maximum absolute atomic E-state index is 13.2. The molecule has 0 spiro atoms. The molecule has 2 aliphatic rings. The van der Waals surface area contributed by atoms with E-state index in [1.165, 1.54) is 17.3 Å². The first-order chi connectivity index (χ1) is 15.9. The molecule has 7 heteroatoms. The Hall–Kier alpha value is -2.93. The van der Waals surface area contributed by atoms with Crippen LogP contribution in [-0.4, -0.2) is 39.0 Å². The zero-order valence-electron chi connectivity index (χ0n) is 19.5. The molecule has 1 N–H and O–H groups in total. The van der Waals surface area contributed by atoms with E-state index in [-0.39, 0.29) is 11.8 Å². The Kier molecular flexibility index (Phi) is 6.98. The van der Waals surface area contributed by atoms with Gasteiger partial charge in [0, 0.05) is 11.3 Å². The summed E-state index contributed by atoms with van der Waals surface area (Å²) in [6.45, 7) is 8.30. The van der Waals surface area contributed by atoms with Crippen molar-refractivity contribution in [2.24, 2.45) is 9.98 Å². The van der Waals surface area contributed by atoms with Gasteiger partial charge in [0.2, 0.25) is 5.91 Å². The summed E-state index contributed by atoms with van der Waals surface area (Å²) in [4.78, 5) is 37.4. The number of carbonyl (C=O) groups is 2. The first kappa shape index (κ1) is 23.2. The molecule has 2 unspecified atom stereocenters. The fraction of sp³-hybridized carbons (Fsp3) is 0.385. The van der Waals surface area contributed by atoms with Crippen molar-refractivity contribution in [3.63, 3.8) is 0 Å². The van der Waals surface area contributed by atoms with Crippen molar-refractivity contribution >= 4 is 46.0 Å². The zero-order chi connectivity index (χ0) is 23.5. The van der Waals surface area contributed by atoms with Crippen LogP contribution in [0, 0.1) is 0 Å². The van der Waals surface area contributed by atoms with Crippen LogP contribution in [-0.2, 0) is 9.59 Å². The maximum atomic E-state index is 13.2. The van der Waals surface area contributed by atoms with Gasteiger partial charge >= 0.3 is 0 Å². The van der Waals surface area contributed by atoms with Gasteiger partial charge in [0.1, 0.15) is 11.9 Å². The topological polar surface area (TPSA) is 74.1 Å². The molecule has 172 valence electrons. The standard InChI is InChI=1S/C26H30N4O2S/c1-5-9-21-25(32)30-23(28-21)19-10-7-8-11-20(19)29-26(30)33-22(6-2)24(31)27-18-14-12-17(13-15-18)16(3)4/h7-8,10-16,21-22H,5-6,9H2,1-4H3,(H,27,31). The number of rotatable bonds is 7. The van der Waals surface area contributed by atoms with E-state index >= 15 is 0 Å². The Balaban J connectivity index is 1.57. The maximum Gasteiger partial charge on any atom is 0.259 e. The third-order valence-electron chi connectivity index (χ3n) is 5.87. The number of nitrogens with zero attached hydrogens (tertiary/aromatic N) is 3. The number of hydrogen-bond acceptors (Lipinski definition) is 5. The van der Waals surface area contributed by atoms with Crippen molar-refractivity contribution in [2.45, 2.75) is 64.2 Å². The molecule has 0 fully saturated rings. The molecule has 0 radical (unpaired) electrons. The molecule has 0 bridgehead atoms. The highest BCUT2D eigenvalue weighted by atomic mass is 32.2. The van der Waals surface area contributed by atoms with Gasteiger partial charge in [-0.3, -0.25) is 14.6 Å². The molecular formula is C26H30N4O2S. The number of amides is 2. The lowest BCUT2D eigenvalue weighted by Gasteiger charge is -2.27. The molecule has 2 aromatic carbocycles. The third-order valence-corrected chi connectivity index (χ3v) is 7.18. The van der Waals surface area contributed by atoms with Gasteiger partial charge in [0.15, 0.2) is 5.17 Å². The molecule has 33 heavy (non-hydrogen) atoms. The highest BCUT2D eigenvalue weighted by Crippen LogP contribution is 2.36. The van der Waals surface area contributed by atoms with Crippen molar-refractivity contribution in [2.75, 3.05) is 5.32 Å². The lowest BCUT2D eigenvalue weighted by Crippen LogP contribution is -2.42. The van der Waals surface area contributed by atoms with Crippen LogP contribution >= 0.6 is 11.8 Å². The second-order valence-electron chi connectivity index (χ2n) is 8.62. The summed E-state index contributed by atoms with van der Waals surface area (Å²) >= 11 is 1.33. The number of carbonyl (C=O) groups excluding carboxylic acids is 2. The van der Waals surface area contributed by atoms with Crippen molar-refractivity contribution < 1.29 is 9.59 Å². The fourth-order valence-electron chi connectivity index (χ4n) is 3.97. The molecule has 4 rings (SSSR count). The van der Waals surface area contributed by atoms with Crippen LogP contribution in [0.4, 0.5) is 11.4 Å². The summed E-state index contributed by atoms with van der Waals surface area (Å²) in [5.74, 6) is 0.918. The summed E-state index contributed by atoms with van der Waals surface area (Å²) < 4.78 is 0. The second-order valence-corrected chi connectivity index (χ2v) is 9.79. The largest absolute Gasteiger partial charge is 0.325 e. The van der Waals surface area contributed by atoms with Gasteiger partial charge < -0.3 is 5.32 Å². The lowest BCUT2D eigenvalue weighted by molar-refractivity contribution is -0.124. The summed E-state index contributed by atoms with van der Waals surface area (Å²) in [5.41, 5.74) is 3.63. The van der Waals surface area contributed by atoms with E-state index in [0.29, 0.717) is 29.8 Å². The third kappa shape index (κ3) is 4.74. The van der Waals surface area contributed by atoms with E-state index in [1.807, 2.05) is 62.4 Å². The smallest absolute Gasteiger partial charge is 0.259 e. The van der Waals surface area contributed by atoms with Crippen LogP contribution in [0.15, 0.2) is 58.5 Å². The normalized spacial score (nSPS) is 17.9. The molecule has 2 atom stereocenters. The highest BCUT2D eigenvalue weighted by molar-refractivity contribution is 8.15. The Morgan fingerprint density at radius 1 is 1.12 bits per heavy atom.